The van der Waals surface area contributed by atoms with Crippen molar-refractivity contribution in [3.8, 4) is 11.8 Å². The van der Waals surface area contributed by atoms with E-state index in [0.717, 1.165) is 10.8 Å². The molecule has 3 nitrogen and oxygen atoms in total. The topological polar surface area (TPSA) is 53.2 Å². The molecule has 0 radical (unpaired) electrons. The third-order valence-corrected chi connectivity index (χ3v) is 3.14. The highest BCUT2D eigenvalue weighted by atomic mass is 16.5. The van der Waals surface area contributed by atoms with E-state index in [1.54, 1.807) is 6.92 Å². The van der Waals surface area contributed by atoms with Gasteiger partial charge in [0.05, 0.1) is 6.10 Å². The molecule has 0 saturated heterocycles. The third-order valence-electron chi connectivity index (χ3n) is 3.14. The Bertz CT molecular complexity index is 614. The van der Waals surface area contributed by atoms with Crippen molar-refractivity contribution >= 4 is 10.8 Å². The molecule has 0 aromatic heterocycles. The summed E-state index contributed by atoms with van der Waals surface area (Å²) in [5.41, 5.74) is 0.715. The van der Waals surface area contributed by atoms with Gasteiger partial charge >= 0.3 is 0 Å². The molecule has 0 aliphatic carbocycles. The molecule has 1 N–H and O–H groups in total. The number of nitriles is 1. The van der Waals surface area contributed by atoms with Crippen LogP contribution in [0.2, 0.25) is 0 Å². The van der Waals surface area contributed by atoms with E-state index in [-0.39, 0.29) is 0 Å². The van der Waals surface area contributed by atoms with Gasteiger partial charge in [-0.05, 0) is 18.7 Å². The first-order valence-electron chi connectivity index (χ1n) is 6.43. The molecule has 0 saturated carbocycles. The first-order chi connectivity index (χ1) is 9.17. The Hall–Kier alpha value is -2.05. The molecular formula is C16H17NO2. The Balaban J connectivity index is 2.59. The Morgan fingerprint density at radius 3 is 2.63 bits per heavy atom. The number of rotatable bonds is 4. The molecule has 2 aromatic carbocycles. The van der Waals surface area contributed by atoms with Crippen LogP contribution in [-0.2, 0) is 0 Å². The highest BCUT2D eigenvalue weighted by Crippen LogP contribution is 2.34. The zero-order chi connectivity index (χ0) is 13.8. The lowest BCUT2D eigenvalue weighted by molar-refractivity contribution is 0.186. The molecule has 2 aromatic rings. The molecule has 98 valence electrons. The molecule has 0 aliphatic heterocycles. The highest BCUT2D eigenvalue weighted by Gasteiger charge is 2.16. The van der Waals surface area contributed by atoms with Crippen LogP contribution in [0.4, 0.5) is 0 Å². The Kier molecular flexibility index (Phi) is 4.03. The maximum absolute atomic E-state index is 9.86. The standard InChI is InChI=1S/C16H17NO2/c1-3-13(10-17)19-16-14(11(2)18)9-8-12-6-4-5-7-15(12)16/h4-9,11,13,18H,3H2,1-2H3/t11-,13?/m0/s1. The second-order valence-electron chi connectivity index (χ2n) is 4.52. The highest BCUT2D eigenvalue weighted by molar-refractivity contribution is 5.89. The van der Waals surface area contributed by atoms with Crippen molar-refractivity contribution in [2.45, 2.75) is 32.5 Å². The van der Waals surface area contributed by atoms with Crippen molar-refractivity contribution in [1.82, 2.24) is 0 Å². The largest absolute Gasteiger partial charge is 0.475 e. The summed E-state index contributed by atoms with van der Waals surface area (Å²) in [6.45, 7) is 3.60. The number of nitrogens with zero attached hydrogens (tertiary/aromatic N) is 1. The molecule has 19 heavy (non-hydrogen) atoms. The molecule has 2 atom stereocenters. The van der Waals surface area contributed by atoms with Crippen molar-refractivity contribution < 1.29 is 9.84 Å². The lowest BCUT2D eigenvalue weighted by Gasteiger charge is -2.18. The fourth-order valence-electron chi connectivity index (χ4n) is 2.06. The SMILES string of the molecule is CCC(C#N)Oc1c([C@H](C)O)ccc2ccccc12. The summed E-state index contributed by atoms with van der Waals surface area (Å²) in [6.07, 6.45) is -0.516. The van der Waals surface area contributed by atoms with Gasteiger partial charge in [-0.25, -0.2) is 0 Å². The number of fused-ring (bicyclic) bond motifs is 1. The second kappa shape index (κ2) is 5.73. The van der Waals surface area contributed by atoms with E-state index in [9.17, 15) is 5.11 Å². The molecule has 0 amide bonds. The van der Waals surface area contributed by atoms with Crippen LogP contribution >= 0.6 is 0 Å². The summed E-state index contributed by atoms with van der Waals surface area (Å²) < 4.78 is 5.80. The van der Waals surface area contributed by atoms with Crippen molar-refractivity contribution in [2.24, 2.45) is 0 Å². The van der Waals surface area contributed by atoms with E-state index in [1.807, 2.05) is 43.3 Å². The maximum atomic E-state index is 9.86. The Morgan fingerprint density at radius 2 is 2.00 bits per heavy atom. The minimum absolute atomic E-state index is 0.497. The lowest BCUT2D eigenvalue weighted by Crippen LogP contribution is -2.14. The van der Waals surface area contributed by atoms with E-state index < -0.39 is 12.2 Å². The molecule has 0 bridgehead atoms. The summed E-state index contributed by atoms with van der Waals surface area (Å²) >= 11 is 0. The molecule has 1 unspecified atom stereocenters. The molecule has 0 spiro atoms. The summed E-state index contributed by atoms with van der Waals surface area (Å²) in [7, 11) is 0. The quantitative estimate of drug-likeness (QED) is 0.908. The number of ether oxygens (including phenoxy) is 1. The lowest BCUT2D eigenvalue weighted by atomic mass is 10.0. The average molecular weight is 255 g/mol. The normalized spacial score (nSPS) is 13.8. The molecule has 0 heterocycles. The van der Waals surface area contributed by atoms with Gasteiger partial charge in [0.1, 0.15) is 11.8 Å². The summed E-state index contributed by atoms with van der Waals surface area (Å²) in [5, 5.41) is 20.9. The van der Waals surface area contributed by atoms with Gasteiger partial charge in [-0.1, -0.05) is 43.3 Å². The van der Waals surface area contributed by atoms with E-state index >= 15 is 0 Å². The fourth-order valence-corrected chi connectivity index (χ4v) is 2.06. The average Bonchev–Trinajstić information content (AvgIpc) is 2.44. The van der Waals surface area contributed by atoms with Crippen molar-refractivity contribution in [1.29, 1.82) is 5.26 Å². The predicted octanol–water partition coefficient (Wildman–Crippen LogP) is 3.57. The van der Waals surface area contributed by atoms with Crippen molar-refractivity contribution in [2.75, 3.05) is 0 Å². The molecule has 0 fully saturated rings. The van der Waals surface area contributed by atoms with Crippen LogP contribution in [0.5, 0.6) is 5.75 Å². The number of hydrogen-bond acceptors (Lipinski definition) is 3. The van der Waals surface area contributed by atoms with Gasteiger partial charge in [-0.2, -0.15) is 5.26 Å². The van der Waals surface area contributed by atoms with Crippen LogP contribution in [-0.4, -0.2) is 11.2 Å². The van der Waals surface area contributed by atoms with Gasteiger partial charge in [-0.3, -0.25) is 0 Å². The van der Waals surface area contributed by atoms with Crippen LogP contribution in [0.1, 0.15) is 31.9 Å². The second-order valence-corrected chi connectivity index (χ2v) is 4.52. The van der Waals surface area contributed by atoms with Gasteiger partial charge in [0, 0.05) is 10.9 Å². The van der Waals surface area contributed by atoms with Crippen molar-refractivity contribution in [3.05, 3.63) is 42.0 Å². The van der Waals surface area contributed by atoms with Crippen LogP contribution in [0.15, 0.2) is 36.4 Å². The minimum Gasteiger partial charge on any atom is -0.475 e. The zero-order valence-electron chi connectivity index (χ0n) is 11.1. The molecule has 2 rings (SSSR count). The van der Waals surface area contributed by atoms with E-state index in [2.05, 4.69) is 6.07 Å². The summed E-state index contributed by atoms with van der Waals surface area (Å²) in [4.78, 5) is 0. The summed E-state index contributed by atoms with van der Waals surface area (Å²) in [6, 6.07) is 13.7. The number of benzene rings is 2. The monoisotopic (exact) mass is 255 g/mol. The van der Waals surface area contributed by atoms with Crippen molar-refractivity contribution in [3.63, 3.8) is 0 Å². The van der Waals surface area contributed by atoms with Gasteiger partial charge in [0.15, 0.2) is 6.10 Å². The predicted molar refractivity (Wildman–Crippen MR) is 74.9 cm³/mol. The van der Waals surface area contributed by atoms with Gasteiger partial charge in [0.2, 0.25) is 0 Å². The molecule has 3 heteroatoms. The smallest absolute Gasteiger partial charge is 0.184 e. The Morgan fingerprint density at radius 1 is 1.26 bits per heavy atom. The van der Waals surface area contributed by atoms with E-state index in [4.69, 9.17) is 10.00 Å². The fraction of sp³-hybridized carbons (Fsp3) is 0.312. The third kappa shape index (κ3) is 2.69. The van der Waals surface area contributed by atoms with E-state index in [0.29, 0.717) is 17.7 Å². The number of hydrogen-bond donors (Lipinski definition) is 1. The van der Waals surface area contributed by atoms with Crippen LogP contribution in [0.25, 0.3) is 10.8 Å². The maximum Gasteiger partial charge on any atom is 0.184 e. The van der Waals surface area contributed by atoms with Gasteiger partial charge in [0.25, 0.3) is 0 Å². The minimum atomic E-state index is -0.629. The van der Waals surface area contributed by atoms with E-state index in [1.165, 1.54) is 0 Å². The Labute approximate surface area is 113 Å². The van der Waals surface area contributed by atoms with Crippen LogP contribution in [0.3, 0.4) is 0 Å². The molecular weight excluding hydrogens is 238 g/mol. The van der Waals surface area contributed by atoms with Crippen LogP contribution < -0.4 is 4.74 Å². The molecule has 0 aliphatic rings. The zero-order valence-corrected chi connectivity index (χ0v) is 11.1. The van der Waals surface area contributed by atoms with Gasteiger partial charge in [-0.15, -0.1) is 0 Å². The first-order valence-corrected chi connectivity index (χ1v) is 6.43. The first kappa shape index (κ1) is 13.4. The van der Waals surface area contributed by atoms with Gasteiger partial charge < -0.3 is 9.84 Å². The summed E-state index contributed by atoms with van der Waals surface area (Å²) in [5.74, 6) is 0.613. The number of aliphatic hydroxyl groups excluding tert-OH is 1. The number of aliphatic hydroxyl groups is 1. The van der Waals surface area contributed by atoms with Crippen LogP contribution in [0, 0.1) is 11.3 Å².